The van der Waals surface area contributed by atoms with Gasteiger partial charge in [-0.3, -0.25) is 4.68 Å². The van der Waals surface area contributed by atoms with Gasteiger partial charge in [0.1, 0.15) is 22.6 Å². The van der Waals surface area contributed by atoms with Crippen molar-refractivity contribution in [3.8, 4) is 11.1 Å². The van der Waals surface area contributed by atoms with Crippen LogP contribution in [0.5, 0.6) is 0 Å². The van der Waals surface area contributed by atoms with Crippen molar-refractivity contribution in [2.75, 3.05) is 11.9 Å². The minimum absolute atomic E-state index is 0.313. The molecule has 0 amide bonds. The van der Waals surface area contributed by atoms with Gasteiger partial charge in [-0.25, -0.2) is 9.97 Å². The average Bonchev–Trinajstić information content (AvgIpc) is 3.28. The van der Waals surface area contributed by atoms with Crippen LogP contribution in [0.2, 0.25) is 0 Å². The Balaban J connectivity index is 1.68. The Morgan fingerprint density at radius 1 is 1.22 bits per heavy atom. The summed E-state index contributed by atoms with van der Waals surface area (Å²) in [5.74, 6) is 0.723. The third kappa shape index (κ3) is 3.43. The number of hydrogen-bond donors (Lipinski definition) is 2. The first-order valence-corrected chi connectivity index (χ1v) is 9.56. The van der Waals surface area contributed by atoms with E-state index in [1.807, 2.05) is 13.2 Å². The van der Waals surface area contributed by atoms with Crippen molar-refractivity contribution in [1.82, 2.24) is 19.7 Å². The van der Waals surface area contributed by atoms with Gasteiger partial charge in [-0.1, -0.05) is 29.8 Å². The zero-order chi connectivity index (χ0) is 19.0. The van der Waals surface area contributed by atoms with Gasteiger partial charge in [0.25, 0.3) is 0 Å². The SMILES string of the molecule is Cc1ccc(-c2csc3ncnc(NC[C@](C)(O)c4cnn(C)c4)c23)cc1. The second-order valence-electron chi connectivity index (χ2n) is 6.95. The number of thiophene rings is 1. The molecule has 138 valence electrons. The summed E-state index contributed by atoms with van der Waals surface area (Å²) in [6, 6.07) is 8.42. The van der Waals surface area contributed by atoms with Gasteiger partial charge in [0.05, 0.1) is 11.6 Å². The molecule has 0 saturated carbocycles. The first-order valence-electron chi connectivity index (χ1n) is 8.69. The monoisotopic (exact) mass is 379 g/mol. The molecule has 0 aliphatic carbocycles. The number of nitrogens with one attached hydrogen (secondary N) is 1. The molecule has 1 atom stereocenters. The molecule has 0 aliphatic rings. The highest BCUT2D eigenvalue weighted by molar-refractivity contribution is 7.17. The van der Waals surface area contributed by atoms with E-state index in [1.54, 1.807) is 35.5 Å². The van der Waals surface area contributed by atoms with E-state index in [-0.39, 0.29) is 0 Å². The second kappa shape index (κ2) is 6.75. The lowest BCUT2D eigenvalue weighted by molar-refractivity contribution is 0.0714. The Labute approximate surface area is 161 Å². The molecule has 4 aromatic rings. The van der Waals surface area contributed by atoms with Gasteiger partial charge in [0.15, 0.2) is 0 Å². The van der Waals surface area contributed by atoms with Crippen molar-refractivity contribution in [3.63, 3.8) is 0 Å². The maximum Gasteiger partial charge on any atom is 0.138 e. The van der Waals surface area contributed by atoms with Crippen molar-refractivity contribution in [3.05, 3.63) is 59.5 Å². The van der Waals surface area contributed by atoms with Gasteiger partial charge >= 0.3 is 0 Å². The third-order valence-corrected chi connectivity index (χ3v) is 5.55. The molecular weight excluding hydrogens is 358 g/mol. The predicted molar refractivity (Wildman–Crippen MR) is 109 cm³/mol. The molecule has 7 heteroatoms. The largest absolute Gasteiger partial charge is 0.383 e. The maximum atomic E-state index is 10.8. The number of fused-ring (bicyclic) bond motifs is 1. The fourth-order valence-corrected chi connectivity index (χ4v) is 3.93. The average molecular weight is 379 g/mol. The van der Waals surface area contributed by atoms with E-state index in [0.29, 0.717) is 6.54 Å². The molecule has 0 unspecified atom stereocenters. The normalized spacial score (nSPS) is 13.6. The summed E-state index contributed by atoms with van der Waals surface area (Å²) in [7, 11) is 1.83. The Morgan fingerprint density at radius 2 is 2.00 bits per heavy atom. The van der Waals surface area contributed by atoms with Gasteiger partial charge in [0, 0.05) is 36.3 Å². The van der Waals surface area contributed by atoms with E-state index < -0.39 is 5.60 Å². The number of aliphatic hydroxyl groups is 1. The number of anilines is 1. The van der Waals surface area contributed by atoms with Crippen LogP contribution in [0, 0.1) is 6.92 Å². The van der Waals surface area contributed by atoms with Crippen molar-refractivity contribution >= 4 is 27.4 Å². The fourth-order valence-electron chi connectivity index (χ4n) is 3.01. The van der Waals surface area contributed by atoms with Crippen LogP contribution in [0.25, 0.3) is 21.3 Å². The summed E-state index contributed by atoms with van der Waals surface area (Å²) in [5.41, 5.74) is 3.14. The molecule has 6 nitrogen and oxygen atoms in total. The molecule has 1 aromatic carbocycles. The number of nitrogens with zero attached hydrogens (tertiary/aromatic N) is 4. The maximum absolute atomic E-state index is 10.8. The molecular formula is C20H21N5OS. The first-order chi connectivity index (χ1) is 12.9. The summed E-state index contributed by atoms with van der Waals surface area (Å²) in [4.78, 5) is 9.76. The third-order valence-electron chi connectivity index (χ3n) is 4.66. The van der Waals surface area contributed by atoms with Crippen molar-refractivity contribution in [1.29, 1.82) is 0 Å². The van der Waals surface area contributed by atoms with Crippen LogP contribution in [0.15, 0.2) is 48.4 Å². The summed E-state index contributed by atoms with van der Waals surface area (Å²) in [5, 5.41) is 21.4. The number of aromatic nitrogens is 4. The molecule has 27 heavy (non-hydrogen) atoms. The predicted octanol–water partition coefficient (Wildman–Crippen LogP) is 3.72. The Hall–Kier alpha value is -2.77. The summed E-state index contributed by atoms with van der Waals surface area (Å²) in [6.45, 7) is 4.16. The number of hydrogen-bond acceptors (Lipinski definition) is 6. The van der Waals surface area contributed by atoms with E-state index in [2.05, 4.69) is 57.0 Å². The fraction of sp³-hybridized carbons (Fsp3) is 0.250. The van der Waals surface area contributed by atoms with E-state index in [9.17, 15) is 5.11 Å². The van der Waals surface area contributed by atoms with Crippen molar-refractivity contribution in [2.24, 2.45) is 7.05 Å². The van der Waals surface area contributed by atoms with Crippen LogP contribution in [0.1, 0.15) is 18.1 Å². The van der Waals surface area contributed by atoms with Crippen LogP contribution in [0.4, 0.5) is 5.82 Å². The van der Waals surface area contributed by atoms with Gasteiger partial charge in [0.2, 0.25) is 0 Å². The van der Waals surface area contributed by atoms with Gasteiger partial charge in [-0.15, -0.1) is 11.3 Å². The molecule has 0 radical (unpaired) electrons. The molecule has 0 fully saturated rings. The topological polar surface area (TPSA) is 75.9 Å². The lowest BCUT2D eigenvalue weighted by atomic mass is 9.99. The van der Waals surface area contributed by atoms with E-state index in [0.717, 1.165) is 32.7 Å². The Bertz CT molecular complexity index is 1080. The highest BCUT2D eigenvalue weighted by Gasteiger charge is 2.25. The van der Waals surface area contributed by atoms with Crippen LogP contribution >= 0.6 is 11.3 Å². The van der Waals surface area contributed by atoms with Gasteiger partial charge in [-0.2, -0.15) is 5.10 Å². The molecule has 2 N–H and O–H groups in total. The van der Waals surface area contributed by atoms with E-state index >= 15 is 0 Å². The molecule has 0 saturated heterocycles. The molecule has 3 heterocycles. The molecule has 0 spiro atoms. The van der Waals surface area contributed by atoms with Crippen LogP contribution in [0.3, 0.4) is 0 Å². The van der Waals surface area contributed by atoms with Crippen LogP contribution < -0.4 is 5.32 Å². The second-order valence-corrected chi connectivity index (χ2v) is 7.81. The van der Waals surface area contributed by atoms with Crippen molar-refractivity contribution in [2.45, 2.75) is 19.4 Å². The molecule has 4 rings (SSSR count). The lowest BCUT2D eigenvalue weighted by Crippen LogP contribution is -2.30. The highest BCUT2D eigenvalue weighted by Crippen LogP contribution is 2.36. The van der Waals surface area contributed by atoms with E-state index in [1.165, 1.54) is 5.56 Å². The van der Waals surface area contributed by atoms with Crippen LogP contribution in [-0.4, -0.2) is 31.4 Å². The highest BCUT2D eigenvalue weighted by atomic mass is 32.1. The van der Waals surface area contributed by atoms with Crippen LogP contribution in [-0.2, 0) is 12.6 Å². The van der Waals surface area contributed by atoms with Gasteiger partial charge < -0.3 is 10.4 Å². The Kier molecular flexibility index (Phi) is 4.41. The minimum atomic E-state index is -1.06. The zero-order valence-electron chi connectivity index (χ0n) is 15.5. The number of aryl methyl sites for hydroxylation is 2. The summed E-state index contributed by atoms with van der Waals surface area (Å²) >= 11 is 1.59. The Morgan fingerprint density at radius 3 is 2.70 bits per heavy atom. The van der Waals surface area contributed by atoms with Gasteiger partial charge in [-0.05, 0) is 19.4 Å². The number of rotatable bonds is 5. The van der Waals surface area contributed by atoms with Crippen molar-refractivity contribution < 1.29 is 5.11 Å². The lowest BCUT2D eigenvalue weighted by Gasteiger charge is -2.23. The summed E-state index contributed by atoms with van der Waals surface area (Å²) in [6.07, 6.45) is 5.05. The smallest absolute Gasteiger partial charge is 0.138 e. The zero-order valence-corrected chi connectivity index (χ0v) is 16.3. The number of benzene rings is 1. The molecule has 0 aliphatic heterocycles. The molecule has 0 bridgehead atoms. The quantitative estimate of drug-likeness (QED) is 0.553. The minimum Gasteiger partial charge on any atom is -0.383 e. The standard InChI is InChI=1S/C20H21N5OS/c1-13-4-6-14(7-5-13)16-10-27-19-17(16)18(22-12-23-19)21-11-20(2,26)15-8-24-25(3)9-15/h4-10,12,26H,11H2,1-3H3,(H,21,22,23)/t20-/m0/s1. The molecule has 3 aromatic heterocycles. The first kappa shape index (κ1) is 17.6. The van der Waals surface area contributed by atoms with E-state index in [4.69, 9.17) is 0 Å². The summed E-state index contributed by atoms with van der Waals surface area (Å²) < 4.78 is 1.68.